The van der Waals surface area contributed by atoms with Crippen LogP contribution in [0.15, 0.2) is 42.5 Å². The van der Waals surface area contributed by atoms with Crippen LogP contribution in [0.2, 0.25) is 10.0 Å². The Labute approximate surface area is 221 Å². The Bertz CT molecular complexity index is 1160. The minimum atomic E-state index is -0.965. The lowest BCUT2D eigenvalue weighted by atomic mass is 9.95. The van der Waals surface area contributed by atoms with Crippen LogP contribution in [-0.2, 0) is 9.53 Å². The number of amides is 3. The lowest BCUT2D eigenvalue weighted by Crippen LogP contribution is -2.60. The molecule has 0 radical (unpaired) electrons. The highest BCUT2D eigenvalue weighted by molar-refractivity contribution is 6.42. The number of piperidine rings is 1. The van der Waals surface area contributed by atoms with Crippen molar-refractivity contribution in [2.45, 2.75) is 45.4 Å². The molecule has 3 amide bonds. The van der Waals surface area contributed by atoms with Gasteiger partial charge in [-0.3, -0.25) is 19.3 Å². The minimum absolute atomic E-state index is 0.113. The first-order valence-electron chi connectivity index (χ1n) is 12.2. The summed E-state index contributed by atoms with van der Waals surface area (Å²) in [5, 5.41) is 3.66. The SMILES string of the molecule is Cc1ccccc1C(=O)N1C(C(=O)NCC(C)C)COC12CCN(C(=O)c1ccc(Cl)c(Cl)c1)CC2. The summed E-state index contributed by atoms with van der Waals surface area (Å²) in [6, 6.07) is 11.4. The van der Waals surface area contributed by atoms with Crippen LogP contribution in [0.25, 0.3) is 0 Å². The maximum atomic E-state index is 13.9. The average Bonchev–Trinajstić information content (AvgIpc) is 3.22. The number of aryl methyl sites for hydroxylation is 1. The first-order valence-corrected chi connectivity index (χ1v) is 12.9. The quantitative estimate of drug-likeness (QED) is 0.613. The third-order valence-corrected chi connectivity index (χ3v) is 7.58. The van der Waals surface area contributed by atoms with Gasteiger partial charge in [-0.2, -0.15) is 0 Å². The minimum Gasteiger partial charge on any atom is -0.354 e. The van der Waals surface area contributed by atoms with Crippen molar-refractivity contribution in [1.29, 1.82) is 0 Å². The van der Waals surface area contributed by atoms with Crippen LogP contribution >= 0.6 is 23.2 Å². The molecule has 2 aliphatic heterocycles. The van der Waals surface area contributed by atoms with Gasteiger partial charge in [0, 0.05) is 43.6 Å². The first-order chi connectivity index (χ1) is 17.1. The fourth-order valence-corrected chi connectivity index (χ4v) is 5.10. The van der Waals surface area contributed by atoms with Gasteiger partial charge < -0.3 is 15.0 Å². The van der Waals surface area contributed by atoms with Crippen molar-refractivity contribution in [2.24, 2.45) is 5.92 Å². The summed E-state index contributed by atoms with van der Waals surface area (Å²) >= 11 is 12.1. The Kier molecular flexibility index (Phi) is 7.93. The van der Waals surface area contributed by atoms with Crippen molar-refractivity contribution < 1.29 is 19.1 Å². The van der Waals surface area contributed by atoms with Gasteiger partial charge in [-0.15, -0.1) is 0 Å². The number of nitrogens with zero attached hydrogens (tertiary/aromatic N) is 2. The van der Waals surface area contributed by atoms with Gasteiger partial charge in [-0.25, -0.2) is 0 Å². The van der Waals surface area contributed by atoms with Crippen LogP contribution in [0.3, 0.4) is 0 Å². The lowest BCUT2D eigenvalue weighted by Gasteiger charge is -2.44. The average molecular weight is 532 g/mol. The summed E-state index contributed by atoms with van der Waals surface area (Å²) in [5.74, 6) is -0.345. The summed E-state index contributed by atoms with van der Waals surface area (Å²) < 4.78 is 6.25. The van der Waals surface area contributed by atoms with Gasteiger partial charge in [0.05, 0.1) is 16.7 Å². The monoisotopic (exact) mass is 531 g/mol. The number of likely N-dealkylation sites (tertiary alicyclic amines) is 1. The molecule has 2 aromatic rings. The van der Waals surface area contributed by atoms with E-state index in [2.05, 4.69) is 5.32 Å². The second-order valence-electron chi connectivity index (χ2n) is 9.82. The highest BCUT2D eigenvalue weighted by Crippen LogP contribution is 2.39. The van der Waals surface area contributed by atoms with E-state index in [4.69, 9.17) is 27.9 Å². The smallest absolute Gasteiger partial charge is 0.257 e. The van der Waals surface area contributed by atoms with Crippen LogP contribution in [0.5, 0.6) is 0 Å². The molecule has 0 aliphatic carbocycles. The van der Waals surface area contributed by atoms with Crippen LogP contribution in [-0.4, -0.2) is 65.5 Å². The maximum Gasteiger partial charge on any atom is 0.257 e. The zero-order valence-corrected chi connectivity index (χ0v) is 22.2. The van der Waals surface area contributed by atoms with Crippen molar-refractivity contribution >= 4 is 40.9 Å². The van der Waals surface area contributed by atoms with Crippen molar-refractivity contribution in [3.63, 3.8) is 0 Å². The molecule has 4 rings (SSSR count). The molecule has 36 heavy (non-hydrogen) atoms. The van der Waals surface area contributed by atoms with Gasteiger partial charge in [0.15, 0.2) is 0 Å². The first kappa shape index (κ1) is 26.5. The number of hydrogen-bond acceptors (Lipinski definition) is 4. The van der Waals surface area contributed by atoms with E-state index in [-0.39, 0.29) is 30.2 Å². The summed E-state index contributed by atoms with van der Waals surface area (Å²) in [7, 11) is 0. The van der Waals surface area contributed by atoms with E-state index in [1.54, 1.807) is 34.1 Å². The topological polar surface area (TPSA) is 79.0 Å². The number of benzene rings is 2. The van der Waals surface area contributed by atoms with Crippen LogP contribution in [0.1, 0.15) is 53.0 Å². The second-order valence-corrected chi connectivity index (χ2v) is 10.6. The number of rotatable bonds is 5. The molecule has 192 valence electrons. The Morgan fingerprint density at radius 1 is 1.06 bits per heavy atom. The molecular formula is C27H31Cl2N3O4. The zero-order chi connectivity index (χ0) is 26.0. The summed E-state index contributed by atoms with van der Waals surface area (Å²) in [6.07, 6.45) is 0.789. The maximum absolute atomic E-state index is 13.9. The molecule has 1 atom stereocenters. The highest BCUT2D eigenvalue weighted by atomic mass is 35.5. The fraction of sp³-hybridized carbons (Fsp3) is 0.444. The molecule has 0 aromatic heterocycles. The molecule has 2 aliphatic rings. The number of nitrogens with one attached hydrogen (secondary N) is 1. The predicted octanol–water partition coefficient (Wildman–Crippen LogP) is 4.55. The van der Waals surface area contributed by atoms with Crippen molar-refractivity contribution in [1.82, 2.24) is 15.1 Å². The molecule has 2 saturated heterocycles. The third-order valence-electron chi connectivity index (χ3n) is 6.84. The molecular weight excluding hydrogens is 501 g/mol. The van der Waals surface area contributed by atoms with Gasteiger partial charge in [0.25, 0.3) is 11.8 Å². The van der Waals surface area contributed by atoms with E-state index < -0.39 is 11.8 Å². The Morgan fingerprint density at radius 2 is 1.75 bits per heavy atom. The van der Waals surface area contributed by atoms with Crippen molar-refractivity contribution in [3.8, 4) is 0 Å². The van der Waals surface area contributed by atoms with E-state index in [0.717, 1.165) is 5.56 Å². The van der Waals surface area contributed by atoms with E-state index in [0.29, 0.717) is 53.6 Å². The van der Waals surface area contributed by atoms with Gasteiger partial charge in [0.2, 0.25) is 5.91 Å². The normalized spacial score (nSPS) is 19.1. The molecule has 1 N–H and O–H groups in total. The molecule has 7 nitrogen and oxygen atoms in total. The summed E-state index contributed by atoms with van der Waals surface area (Å²) in [4.78, 5) is 43.5. The molecule has 1 unspecified atom stereocenters. The molecule has 9 heteroatoms. The van der Waals surface area contributed by atoms with E-state index >= 15 is 0 Å². The van der Waals surface area contributed by atoms with Crippen LogP contribution < -0.4 is 5.32 Å². The van der Waals surface area contributed by atoms with Gasteiger partial charge in [-0.1, -0.05) is 55.2 Å². The standard InChI is InChI=1S/C27H31Cl2N3O4/c1-17(2)15-30-24(33)23-16-36-27(32(23)26(35)20-7-5-4-6-18(20)3)10-12-31(13-11-27)25(34)19-8-9-21(28)22(29)14-19/h4-9,14,17,23H,10-13,15-16H2,1-3H3,(H,30,33). The van der Waals surface area contributed by atoms with E-state index in [1.165, 1.54) is 0 Å². The molecule has 2 aromatic carbocycles. The zero-order valence-electron chi connectivity index (χ0n) is 20.7. The Hall–Kier alpha value is -2.61. The predicted molar refractivity (Wildman–Crippen MR) is 139 cm³/mol. The molecule has 0 bridgehead atoms. The molecule has 1 spiro atoms. The van der Waals surface area contributed by atoms with E-state index in [1.807, 2.05) is 39.0 Å². The van der Waals surface area contributed by atoms with Crippen LogP contribution in [0.4, 0.5) is 0 Å². The second kappa shape index (κ2) is 10.8. The lowest BCUT2D eigenvalue weighted by molar-refractivity contribution is -0.128. The number of ether oxygens (including phenoxy) is 1. The van der Waals surface area contributed by atoms with Crippen LogP contribution in [0, 0.1) is 12.8 Å². The third kappa shape index (κ3) is 5.24. The number of hydrogen-bond donors (Lipinski definition) is 1. The Balaban J connectivity index is 1.57. The van der Waals surface area contributed by atoms with E-state index in [9.17, 15) is 14.4 Å². The van der Waals surface area contributed by atoms with Crippen molar-refractivity contribution in [3.05, 3.63) is 69.2 Å². The van der Waals surface area contributed by atoms with Crippen molar-refractivity contribution in [2.75, 3.05) is 26.2 Å². The molecule has 2 heterocycles. The number of carbonyl (C=O) groups is 3. The highest BCUT2D eigenvalue weighted by Gasteiger charge is 2.54. The van der Waals surface area contributed by atoms with Gasteiger partial charge >= 0.3 is 0 Å². The summed E-state index contributed by atoms with van der Waals surface area (Å²) in [6.45, 7) is 7.29. The van der Waals surface area contributed by atoms with Gasteiger partial charge in [0.1, 0.15) is 11.8 Å². The fourth-order valence-electron chi connectivity index (χ4n) is 4.80. The largest absolute Gasteiger partial charge is 0.354 e. The van der Waals surface area contributed by atoms with Gasteiger partial charge in [-0.05, 0) is 42.7 Å². The number of carbonyl (C=O) groups excluding carboxylic acids is 3. The Morgan fingerprint density at radius 3 is 2.39 bits per heavy atom. The molecule has 2 fully saturated rings. The molecule has 0 saturated carbocycles. The summed E-state index contributed by atoms with van der Waals surface area (Å²) in [5.41, 5.74) is 0.858. The number of halogens is 2.